The molecule has 2 aliphatic heterocycles. The molecular weight excluding hydrogens is 352 g/mol. The number of nitrogens with zero attached hydrogens (tertiary/aromatic N) is 1. The third kappa shape index (κ3) is 4.60. The highest BCUT2D eigenvalue weighted by Gasteiger charge is 2.49. The van der Waals surface area contributed by atoms with Crippen molar-refractivity contribution in [3.05, 3.63) is 0 Å². The van der Waals surface area contributed by atoms with Crippen LogP contribution in [0.4, 0.5) is 0 Å². The minimum Gasteiger partial charge on any atom is -0.390 e. The number of aliphatic hydroxyl groups is 1. The molecule has 0 bridgehead atoms. The van der Waals surface area contributed by atoms with Crippen molar-refractivity contribution in [3.63, 3.8) is 0 Å². The van der Waals surface area contributed by atoms with Crippen LogP contribution in [0.2, 0.25) is 0 Å². The number of morpholine rings is 1. The molecule has 2 heterocycles. The highest BCUT2D eigenvalue weighted by atomic mass is 32.2. The maximum atomic E-state index is 12.9. The zero-order valence-corrected chi connectivity index (χ0v) is 17.2. The van der Waals surface area contributed by atoms with Gasteiger partial charge in [-0.1, -0.05) is 20.8 Å². The van der Waals surface area contributed by atoms with Crippen molar-refractivity contribution in [2.45, 2.75) is 70.5 Å². The van der Waals surface area contributed by atoms with Crippen LogP contribution in [-0.2, 0) is 19.3 Å². The molecule has 150 valence electrons. The number of nitrogens with one attached hydrogen (secondary N) is 1. The minimum atomic E-state index is -2.46. The van der Waals surface area contributed by atoms with Crippen LogP contribution in [0.1, 0.15) is 59.3 Å². The highest BCUT2D eigenvalue weighted by Crippen LogP contribution is 2.44. The van der Waals surface area contributed by atoms with Crippen LogP contribution in [0.25, 0.3) is 0 Å². The van der Waals surface area contributed by atoms with Crippen molar-refractivity contribution in [1.29, 1.82) is 4.78 Å². The molecule has 3 aliphatic rings. The molecule has 1 saturated carbocycles. The summed E-state index contributed by atoms with van der Waals surface area (Å²) in [5.74, 6) is 0.778. The SMILES string of the molecule is CC(C)(C)CCC1(O)CC(C(=O)N2CCOC3(CCS(=N)(=O)CC3)C2)C1. The molecule has 0 aromatic heterocycles. The Balaban J connectivity index is 1.53. The Bertz CT molecular complexity index is 633. The van der Waals surface area contributed by atoms with Crippen LogP contribution in [0.5, 0.6) is 0 Å². The smallest absolute Gasteiger partial charge is 0.226 e. The van der Waals surface area contributed by atoms with Crippen LogP contribution >= 0.6 is 0 Å². The first-order valence-corrected chi connectivity index (χ1v) is 11.7. The van der Waals surface area contributed by atoms with Gasteiger partial charge in [-0.2, -0.15) is 0 Å². The second-order valence-corrected chi connectivity index (χ2v) is 12.3. The Labute approximate surface area is 157 Å². The average Bonchev–Trinajstić information content (AvgIpc) is 2.53. The Morgan fingerprint density at radius 2 is 1.92 bits per heavy atom. The lowest BCUT2D eigenvalue weighted by molar-refractivity contribution is -0.169. The van der Waals surface area contributed by atoms with Crippen LogP contribution in [-0.4, -0.2) is 62.5 Å². The van der Waals surface area contributed by atoms with Gasteiger partial charge in [0.15, 0.2) is 0 Å². The molecule has 0 unspecified atom stereocenters. The summed E-state index contributed by atoms with van der Waals surface area (Å²) in [4.78, 5) is 14.8. The van der Waals surface area contributed by atoms with Gasteiger partial charge < -0.3 is 14.7 Å². The summed E-state index contributed by atoms with van der Waals surface area (Å²) in [6, 6.07) is 0. The molecule has 1 spiro atoms. The van der Waals surface area contributed by atoms with E-state index in [1.807, 2.05) is 4.90 Å². The van der Waals surface area contributed by atoms with Crippen LogP contribution in [0.15, 0.2) is 0 Å². The standard InChI is InChI=1S/C19H34N2O4S/c1-17(2,3)4-5-18(23)12-15(13-18)16(22)21-8-9-25-19(14-21)6-10-26(20,24)11-7-19/h15,20,23H,4-14H2,1-3H3. The van der Waals surface area contributed by atoms with Crippen LogP contribution < -0.4 is 0 Å². The molecule has 0 radical (unpaired) electrons. The van der Waals surface area contributed by atoms with Gasteiger partial charge in [-0.25, -0.2) is 4.21 Å². The predicted octanol–water partition coefficient (Wildman–Crippen LogP) is 2.39. The van der Waals surface area contributed by atoms with Gasteiger partial charge in [-0.05, 0) is 43.9 Å². The Morgan fingerprint density at radius 3 is 2.50 bits per heavy atom. The van der Waals surface area contributed by atoms with E-state index in [1.165, 1.54) is 0 Å². The fourth-order valence-corrected chi connectivity index (χ4v) is 5.97. The van der Waals surface area contributed by atoms with Gasteiger partial charge in [-0.15, -0.1) is 0 Å². The van der Waals surface area contributed by atoms with Crippen LogP contribution in [0, 0.1) is 16.1 Å². The van der Waals surface area contributed by atoms with Gasteiger partial charge in [0.25, 0.3) is 0 Å². The molecule has 3 rings (SSSR count). The minimum absolute atomic E-state index is 0.0842. The van der Waals surface area contributed by atoms with Crippen molar-refractivity contribution in [2.24, 2.45) is 11.3 Å². The molecule has 26 heavy (non-hydrogen) atoms. The molecule has 0 aromatic rings. The number of carbonyl (C=O) groups is 1. The second-order valence-electron chi connectivity index (χ2n) is 9.90. The van der Waals surface area contributed by atoms with Gasteiger partial charge in [0, 0.05) is 40.2 Å². The summed E-state index contributed by atoms with van der Waals surface area (Å²) >= 11 is 0. The number of carbonyl (C=O) groups excluding carboxylic acids is 1. The van der Waals surface area contributed by atoms with E-state index in [4.69, 9.17) is 9.52 Å². The maximum absolute atomic E-state index is 12.9. The Hall–Kier alpha value is -0.660. The van der Waals surface area contributed by atoms with Crippen molar-refractivity contribution in [2.75, 3.05) is 31.2 Å². The van der Waals surface area contributed by atoms with E-state index in [0.717, 1.165) is 12.8 Å². The molecule has 0 aromatic carbocycles. The van der Waals surface area contributed by atoms with Crippen molar-refractivity contribution < 1.29 is 18.8 Å². The lowest BCUT2D eigenvalue weighted by Crippen LogP contribution is -2.59. The highest BCUT2D eigenvalue weighted by molar-refractivity contribution is 7.92. The lowest BCUT2D eigenvalue weighted by atomic mass is 9.66. The Morgan fingerprint density at radius 1 is 1.31 bits per heavy atom. The van der Waals surface area contributed by atoms with E-state index in [1.54, 1.807) is 0 Å². The fourth-order valence-electron chi connectivity index (χ4n) is 4.37. The predicted molar refractivity (Wildman–Crippen MR) is 101 cm³/mol. The summed E-state index contributed by atoms with van der Waals surface area (Å²) in [7, 11) is -2.46. The van der Waals surface area contributed by atoms with Crippen LogP contribution in [0.3, 0.4) is 0 Å². The first-order valence-electron chi connectivity index (χ1n) is 9.80. The fraction of sp³-hybridized carbons (Fsp3) is 0.947. The summed E-state index contributed by atoms with van der Waals surface area (Å²) in [6.45, 7) is 8.15. The van der Waals surface area contributed by atoms with E-state index in [0.29, 0.717) is 56.9 Å². The van der Waals surface area contributed by atoms with E-state index in [-0.39, 0.29) is 17.2 Å². The molecule has 3 fully saturated rings. The monoisotopic (exact) mass is 386 g/mol. The second kappa shape index (κ2) is 6.74. The largest absolute Gasteiger partial charge is 0.390 e. The van der Waals surface area contributed by atoms with Crippen molar-refractivity contribution in [1.82, 2.24) is 4.90 Å². The number of amides is 1. The maximum Gasteiger partial charge on any atom is 0.226 e. The summed E-state index contributed by atoms with van der Waals surface area (Å²) in [5.41, 5.74) is -0.902. The molecule has 1 amide bonds. The lowest BCUT2D eigenvalue weighted by Gasteiger charge is -2.49. The third-order valence-corrected chi connectivity index (χ3v) is 8.00. The molecule has 2 N–H and O–H groups in total. The summed E-state index contributed by atoms with van der Waals surface area (Å²) < 4.78 is 25.7. The van der Waals surface area contributed by atoms with Crippen molar-refractivity contribution in [3.8, 4) is 0 Å². The molecule has 0 atom stereocenters. The molecule has 6 nitrogen and oxygen atoms in total. The third-order valence-electron chi connectivity index (χ3n) is 6.28. The number of ether oxygens (including phenoxy) is 1. The normalized spacial score (nSPS) is 41.1. The zero-order chi connectivity index (χ0) is 19.2. The van der Waals surface area contributed by atoms with Gasteiger partial charge in [0.1, 0.15) is 0 Å². The molecule has 7 heteroatoms. The number of hydrogen-bond donors (Lipinski definition) is 2. The van der Waals surface area contributed by atoms with Gasteiger partial charge in [-0.3, -0.25) is 9.57 Å². The first-order chi connectivity index (χ1) is 11.9. The molecule has 2 saturated heterocycles. The summed E-state index contributed by atoms with van der Waals surface area (Å²) in [6.07, 6.45) is 4.03. The topological polar surface area (TPSA) is 90.7 Å². The zero-order valence-electron chi connectivity index (χ0n) is 16.4. The van der Waals surface area contributed by atoms with E-state index < -0.39 is 20.9 Å². The molecule has 1 aliphatic carbocycles. The van der Waals surface area contributed by atoms with Crippen molar-refractivity contribution >= 4 is 15.6 Å². The quantitative estimate of drug-likeness (QED) is 0.779. The van der Waals surface area contributed by atoms with E-state index in [2.05, 4.69) is 20.8 Å². The van der Waals surface area contributed by atoms with E-state index >= 15 is 0 Å². The van der Waals surface area contributed by atoms with Gasteiger partial charge >= 0.3 is 0 Å². The number of hydrogen-bond acceptors (Lipinski definition) is 5. The first kappa shape index (κ1) is 20.1. The Kier molecular flexibility index (Phi) is 5.21. The average molecular weight is 387 g/mol. The summed E-state index contributed by atoms with van der Waals surface area (Å²) in [5, 5.41) is 10.6. The van der Waals surface area contributed by atoms with Gasteiger partial charge in [0.2, 0.25) is 5.91 Å². The van der Waals surface area contributed by atoms with E-state index in [9.17, 15) is 14.1 Å². The molecular formula is C19H34N2O4S. The number of rotatable bonds is 3. The van der Waals surface area contributed by atoms with Gasteiger partial charge in [0.05, 0.1) is 17.8 Å².